The first kappa shape index (κ1) is 16.0. The number of rotatable bonds is 4. The zero-order chi connectivity index (χ0) is 15.5. The van der Waals surface area contributed by atoms with Crippen LogP contribution in [0.2, 0.25) is 0 Å². The Kier molecular flexibility index (Phi) is 5.04. The Hall–Kier alpha value is -1.35. The van der Waals surface area contributed by atoms with Gasteiger partial charge in [0.15, 0.2) is 0 Å². The Labute approximate surface area is 128 Å². The molecule has 0 bridgehead atoms. The van der Waals surface area contributed by atoms with Gasteiger partial charge in [-0.2, -0.15) is 0 Å². The van der Waals surface area contributed by atoms with Crippen LogP contribution in [0.3, 0.4) is 0 Å². The molecular weight excluding hydrogens is 260 g/mol. The third kappa shape index (κ3) is 3.65. The van der Waals surface area contributed by atoms with Crippen molar-refractivity contribution in [1.82, 2.24) is 4.90 Å². The molecule has 2 rings (SSSR count). The number of nitrogens with zero attached hydrogens (tertiary/aromatic N) is 1. The lowest BCUT2D eigenvalue weighted by molar-refractivity contribution is -0.138. The van der Waals surface area contributed by atoms with Gasteiger partial charge in [-0.05, 0) is 37.2 Å². The molecule has 1 amide bonds. The summed E-state index contributed by atoms with van der Waals surface area (Å²) in [7, 11) is 0. The predicted molar refractivity (Wildman–Crippen MR) is 87.0 cm³/mol. The highest BCUT2D eigenvalue weighted by atomic mass is 16.2. The average Bonchev–Trinajstić information content (AvgIpc) is 2.47. The molecule has 0 saturated carbocycles. The van der Waals surface area contributed by atoms with Crippen LogP contribution in [0.15, 0.2) is 30.3 Å². The van der Waals surface area contributed by atoms with Crippen molar-refractivity contribution in [2.45, 2.75) is 51.5 Å². The monoisotopic (exact) mass is 288 g/mol. The van der Waals surface area contributed by atoms with Crippen molar-refractivity contribution in [1.29, 1.82) is 0 Å². The first-order valence-electron chi connectivity index (χ1n) is 8.09. The molecule has 0 aromatic heterocycles. The minimum absolute atomic E-state index is 0.114. The molecule has 1 aliphatic rings. The van der Waals surface area contributed by atoms with E-state index in [2.05, 4.69) is 44.2 Å². The summed E-state index contributed by atoms with van der Waals surface area (Å²) in [6.45, 7) is 7.81. The Bertz CT molecular complexity index is 469. The normalized spacial score (nSPS) is 25.4. The van der Waals surface area contributed by atoms with Crippen LogP contribution in [-0.4, -0.2) is 29.4 Å². The number of piperidine rings is 1. The van der Waals surface area contributed by atoms with Crippen LogP contribution in [0.4, 0.5) is 0 Å². The molecule has 3 unspecified atom stereocenters. The fourth-order valence-corrected chi connectivity index (χ4v) is 3.51. The Morgan fingerprint density at radius 3 is 2.62 bits per heavy atom. The van der Waals surface area contributed by atoms with Crippen molar-refractivity contribution >= 4 is 5.91 Å². The molecule has 1 aromatic carbocycles. The van der Waals surface area contributed by atoms with Crippen LogP contribution in [-0.2, 0) is 4.79 Å². The van der Waals surface area contributed by atoms with Crippen LogP contribution in [0.1, 0.15) is 51.5 Å². The fourth-order valence-electron chi connectivity index (χ4n) is 3.51. The first-order valence-corrected chi connectivity index (χ1v) is 8.09. The standard InChI is InChI=1S/C18H28N2O/c1-4-11-18(3,19)17(21)20-12-10-16(14(2)13-20)15-8-6-5-7-9-15/h5-9,14,16H,4,10-13,19H2,1-3H3. The van der Waals surface area contributed by atoms with E-state index in [0.717, 1.165) is 32.4 Å². The number of hydrogen-bond donors (Lipinski definition) is 1. The van der Waals surface area contributed by atoms with Crippen LogP contribution in [0, 0.1) is 5.92 Å². The van der Waals surface area contributed by atoms with Crippen molar-refractivity contribution in [2.24, 2.45) is 11.7 Å². The number of likely N-dealkylation sites (tertiary alicyclic amines) is 1. The number of carbonyl (C=O) groups is 1. The van der Waals surface area contributed by atoms with Gasteiger partial charge in [-0.15, -0.1) is 0 Å². The predicted octanol–water partition coefficient (Wildman–Crippen LogP) is 3.16. The van der Waals surface area contributed by atoms with Gasteiger partial charge in [0.2, 0.25) is 5.91 Å². The quantitative estimate of drug-likeness (QED) is 0.925. The number of hydrogen-bond acceptors (Lipinski definition) is 2. The lowest BCUT2D eigenvalue weighted by Gasteiger charge is -2.40. The minimum Gasteiger partial charge on any atom is -0.341 e. The van der Waals surface area contributed by atoms with Gasteiger partial charge >= 0.3 is 0 Å². The van der Waals surface area contributed by atoms with Gasteiger partial charge < -0.3 is 10.6 Å². The van der Waals surface area contributed by atoms with Crippen molar-refractivity contribution in [2.75, 3.05) is 13.1 Å². The second-order valence-electron chi connectivity index (χ2n) is 6.70. The van der Waals surface area contributed by atoms with Crippen molar-refractivity contribution < 1.29 is 4.79 Å². The molecule has 2 N–H and O–H groups in total. The summed E-state index contributed by atoms with van der Waals surface area (Å²) in [5, 5.41) is 0. The van der Waals surface area contributed by atoms with E-state index in [0.29, 0.717) is 11.8 Å². The molecule has 1 fully saturated rings. The van der Waals surface area contributed by atoms with E-state index < -0.39 is 5.54 Å². The second kappa shape index (κ2) is 6.61. The summed E-state index contributed by atoms with van der Waals surface area (Å²) < 4.78 is 0. The highest BCUT2D eigenvalue weighted by Gasteiger charge is 2.36. The van der Waals surface area contributed by atoms with Crippen LogP contribution in [0.5, 0.6) is 0 Å². The molecule has 1 aliphatic heterocycles. The van der Waals surface area contributed by atoms with E-state index in [9.17, 15) is 4.79 Å². The Balaban J connectivity index is 2.02. The summed E-state index contributed by atoms with van der Waals surface area (Å²) >= 11 is 0. The zero-order valence-corrected chi connectivity index (χ0v) is 13.5. The van der Waals surface area contributed by atoms with Gasteiger partial charge in [0.05, 0.1) is 5.54 Å². The zero-order valence-electron chi connectivity index (χ0n) is 13.5. The second-order valence-corrected chi connectivity index (χ2v) is 6.70. The van der Waals surface area contributed by atoms with Gasteiger partial charge in [0.25, 0.3) is 0 Å². The molecule has 1 aromatic rings. The summed E-state index contributed by atoms with van der Waals surface area (Å²) in [4.78, 5) is 14.6. The third-order valence-corrected chi connectivity index (χ3v) is 4.68. The third-order valence-electron chi connectivity index (χ3n) is 4.68. The summed E-state index contributed by atoms with van der Waals surface area (Å²) in [5.41, 5.74) is 6.88. The van der Waals surface area contributed by atoms with Crippen LogP contribution in [0.25, 0.3) is 0 Å². The molecule has 21 heavy (non-hydrogen) atoms. The largest absolute Gasteiger partial charge is 0.341 e. The maximum Gasteiger partial charge on any atom is 0.242 e. The van der Waals surface area contributed by atoms with E-state index in [-0.39, 0.29) is 5.91 Å². The van der Waals surface area contributed by atoms with E-state index in [1.165, 1.54) is 5.56 Å². The highest BCUT2D eigenvalue weighted by molar-refractivity contribution is 5.85. The number of nitrogens with two attached hydrogens (primary N) is 1. The van der Waals surface area contributed by atoms with Gasteiger partial charge in [0, 0.05) is 13.1 Å². The lowest BCUT2D eigenvalue weighted by Crippen LogP contribution is -2.56. The van der Waals surface area contributed by atoms with Crippen LogP contribution >= 0.6 is 0 Å². The molecule has 116 valence electrons. The molecule has 3 heteroatoms. The number of amides is 1. The maximum atomic E-state index is 12.6. The van der Waals surface area contributed by atoms with E-state index in [4.69, 9.17) is 5.73 Å². The SMILES string of the molecule is CCCC(C)(N)C(=O)N1CCC(c2ccccc2)C(C)C1. The molecule has 0 spiro atoms. The van der Waals surface area contributed by atoms with Crippen molar-refractivity contribution in [3.05, 3.63) is 35.9 Å². The van der Waals surface area contributed by atoms with Crippen molar-refractivity contribution in [3.8, 4) is 0 Å². The topological polar surface area (TPSA) is 46.3 Å². The molecule has 1 heterocycles. The number of benzene rings is 1. The number of carbonyl (C=O) groups excluding carboxylic acids is 1. The van der Waals surface area contributed by atoms with E-state index >= 15 is 0 Å². The van der Waals surface area contributed by atoms with Gasteiger partial charge in [-0.3, -0.25) is 4.79 Å². The van der Waals surface area contributed by atoms with E-state index in [1.807, 2.05) is 11.8 Å². The van der Waals surface area contributed by atoms with Gasteiger partial charge in [-0.25, -0.2) is 0 Å². The Morgan fingerprint density at radius 1 is 1.38 bits per heavy atom. The van der Waals surface area contributed by atoms with Crippen LogP contribution < -0.4 is 5.73 Å². The molecule has 1 saturated heterocycles. The first-order chi connectivity index (χ1) is 9.95. The summed E-state index contributed by atoms with van der Waals surface area (Å²) in [6.07, 6.45) is 2.72. The summed E-state index contributed by atoms with van der Waals surface area (Å²) in [6, 6.07) is 10.6. The highest BCUT2D eigenvalue weighted by Crippen LogP contribution is 2.33. The Morgan fingerprint density at radius 2 is 2.05 bits per heavy atom. The van der Waals surface area contributed by atoms with Gasteiger partial charge in [-0.1, -0.05) is 50.6 Å². The minimum atomic E-state index is -0.714. The average molecular weight is 288 g/mol. The lowest BCUT2D eigenvalue weighted by atomic mass is 9.81. The molecular formula is C18H28N2O. The summed E-state index contributed by atoms with van der Waals surface area (Å²) in [5.74, 6) is 1.13. The van der Waals surface area contributed by atoms with Crippen molar-refractivity contribution in [3.63, 3.8) is 0 Å². The fraction of sp³-hybridized carbons (Fsp3) is 0.611. The molecule has 0 radical (unpaired) electrons. The molecule has 0 aliphatic carbocycles. The maximum absolute atomic E-state index is 12.6. The van der Waals surface area contributed by atoms with Gasteiger partial charge in [0.1, 0.15) is 0 Å². The molecule has 3 atom stereocenters. The smallest absolute Gasteiger partial charge is 0.242 e. The molecule has 3 nitrogen and oxygen atoms in total. The van der Waals surface area contributed by atoms with E-state index in [1.54, 1.807) is 0 Å².